The zero-order valence-corrected chi connectivity index (χ0v) is 15.9. The average molecular weight is 407 g/mol. The minimum absolute atomic E-state index is 0.0412. The fraction of sp³-hybridized carbons (Fsp3) is 0.100. The number of benzene rings is 2. The third kappa shape index (κ3) is 3.83. The van der Waals surface area contributed by atoms with Crippen molar-refractivity contribution in [2.45, 2.75) is 17.4 Å². The van der Waals surface area contributed by atoms with E-state index < -0.39 is 5.25 Å². The van der Waals surface area contributed by atoms with Crippen LogP contribution in [-0.4, -0.2) is 30.5 Å². The predicted octanol–water partition coefficient (Wildman–Crippen LogP) is 4.73. The molecule has 2 aromatic carbocycles. The Morgan fingerprint density at radius 2 is 1.97 bits per heavy atom. The molecule has 0 saturated carbocycles. The van der Waals surface area contributed by atoms with E-state index in [9.17, 15) is 14.8 Å². The molecule has 0 saturated heterocycles. The Morgan fingerprint density at radius 1 is 1.21 bits per heavy atom. The number of hydrogen-bond acceptors (Lipinski definition) is 7. The molecule has 9 heteroatoms. The van der Waals surface area contributed by atoms with Gasteiger partial charge in [0.15, 0.2) is 5.82 Å². The van der Waals surface area contributed by atoms with Crippen LogP contribution in [0.3, 0.4) is 0 Å². The van der Waals surface area contributed by atoms with Crippen LogP contribution >= 0.6 is 11.8 Å². The van der Waals surface area contributed by atoms with E-state index in [0.29, 0.717) is 11.1 Å². The molecule has 144 valence electrons. The third-order valence-electron chi connectivity index (χ3n) is 4.15. The summed E-state index contributed by atoms with van der Waals surface area (Å²) in [4.78, 5) is 7.39. The van der Waals surface area contributed by atoms with Crippen LogP contribution in [0.2, 0.25) is 0 Å². The van der Waals surface area contributed by atoms with Crippen molar-refractivity contribution in [1.82, 2.24) is 20.2 Å². The molecule has 7 nitrogen and oxygen atoms in total. The molecule has 0 aliphatic carbocycles. The van der Waals surface area contributed by atoms with Gasteiger partial charge in [-0.2, -0.15) is 5.26 Å². The minimum atomic E-state index is -0.542. The second-order valence-corrected chi connectivity index (χ2v) is 7.41. The summed E-state index contributed by atoms with van der Waals surface area (Å²) in [6, 6.07) is 15.0. The predicted molar refractivity (Wildman–Crippen MR) is 106 cm³/mol. The molecule has 0 spiro atoms. The van der Waals surface area contributed by atoms with Gasteiger partial charge in [-0.05, 0) is 43.3 Å². The van der Waals surface area contributed by atoms with E-state index in [-0.39, 0.29) is 34.1 Å². The number of halogens is 1. The zero-order chi connectivity index (χ0) is 20.4. The summed E-state index contributed by atoms with van der Waals surface area (Å²) in [5.74, 6) is 0.0106. The molecule has 0 fully saturated rings. The maximum Gasteiger partial charge on any atom is 0.277 e. The summed E-state index contributed by atoms with van der Waals surface area (Å²) >= 11 is 1.10. The molecular weight excluding hydrogens is 393 g/mol. The first-order valence-corrected chi connectivity index (χ1v) is 9.47. The van der Waals surface area contributed by atoms with Crippen molar-refractivity contribution in [1.29, 1.82) is 5.26 Å². The maximum absolute atomic E-state index is 13.0. The maximum atomic E-state index is 13.0. The van der Waals surface area contributed by atoms with E-state index in [2.05, 4.69) is 20.2 Å². The second kappa shape index (κ2) is 7.77. The fourth-order valence-electron chi connectivity index (χ4n) is 2.68. The van der Waals surface area contributed by atoms with Crippen LogP contribution in [0.1, 0.15) is 12.7 Å². The van der Waals surface area contributed by atoms with E-state index in [1.54, 1.807) is 6.92 Å². The topological polar surface area (TPSA) is 112 Å². The molecular formula is C20H14FN5O2S. The van der Waals surface area contributed by atoms with Gasteiger partial charge < -0.3 is 14.5 Å². The van der Waals surface area contributed by atoms with E-state index in [4.69, 9.17) is 4.42 Å². The van der Waals surface area contributed by atoms with Crippen LogP contribution in [0.5, 0.6) is 0 Å². The summed E-state index contributed by atoms with van der Waals surface area (Å²) in [6.45, 7) is 1.71. The second-order valence-electron chi connectivity index (χ2n) is 6.11. The highest BCUT2D eigenvalue weighted by Gasteiger charge is 2.21. The smallest absolute Gasteiger partial charge is 0.277 e. The van der Waals surface area contributed by atoms with E-state index >= 15 is 0 Å². The molecule has 2 aromatic heterocycles. The lowest BCUT2D eigenvalue weighted by molar-refractivity contribution is 0.399. The normalized spacial score (nSPS) is 13.1. The largest absolute Gasteiger partial charge is 0.510 e. The van der Waals surface area contributed by atoms with Crippen LogP contribution < -0.4 is 0 Å². The molecule has 0 bridgehead atoms. The number of nitrogens with one attached hydrogen (secondary N) is 1. The summed E-state index contributed by atoms with van der Waals surface area (Å²) in [7, 11) is 0. The molecule has 4 aromatic rings. The highest BCUT2D eigenvalue weighted by atomic mass is 32.2. The van der Waals surface area contributed by atoms with E-state index in [1.807, 2.05) is 30.3 Å². The molecule has 0 aliphatic rings. The molecule has 0 aliphatic heterocycles. The summed E-state index contributed by atoms with van der Waals surface area (Å²) in [5.41, 5.74) is 2.09. The van der Waals surface area contributed by atoms with Crippen molar-refractivity contribution >= 4 is 28.4 Å². The van der Waals surface area contributed by atoms with Gasteiger partial charge in [0.1, 0.15) is 23.2 Å². The number of aromatic amines is 1. The number of nitriles is 1. The molecule has 4 rings (SSSR count). The number of allylic oxidation sites excluding steroid dienone is 1. The Balaban J connectivity index is 1.57. The van der Waals surface area contributed by atoms with Crippen molar-refractivity contribution in [2.75, 3.05) is 0 Å². The lowest BCUT2D eigenvalue weighted by Gasteiger charge is -2.08. The molecule has 0 radical (unpaired) electrons. The molecule has 2 heterocycles. The number of aromatic nitrogens is 4. The Kier molecular flexibility index (Phi) is 5.01. The summed E-state index contributed by atoms with van der Waals surface area (Å²) in [6.07, 6.45) is 0. The van der Waals surface area contributed by atoms with Crippen LogP contribution in [0.25, 0.3) is 28.1 Å². The van der Waals surface area contributed by atoms with Crippen LogP contribution in [0, 0.1) is 17.1 Å². The van der Waals surface area contributed by atoms with Gasteiger partial charge >= 0.3 is 0 Å². The quantitative estimate of drug-likeness (QED) is 0.279. The first-order chi connectivity index (χ1) is 14.0. The lowest BCUT2D eigenvalue weighted by atomic mass is 10.2. The Bertz CT molecular complexity index is 1210. The standard InChI is InChI=1S/C20H14FN5O2S/c1-11(29-20-26-25-19(28-20)12-6-8-13(21)9-7-12)17(27)14(10-22)18-23-15-4-2-3-5-16(15)24-18/h2-9,11,27H,1H3,(H,23,24)/b17-14+. The zero-order valence-electron chi connectivity index (χ0n) is 15.1. The van der Waals surface area contributed by atoms with Crippen LogP contribution in [-0.2, 0) is 0 Å². The highest BCUT2D eigenvalue weighted by molar-refractivity contribution is 7.99. The van der Waals surface area contributed by atoms with Gasteiger partial charge in [0.2, 0.25) is 5.89 Å². The molecule has 2 N–H and O–H groups in total. The Hall–Kier alpha value is -3.64. The first-order valence-electron chi connectivity index (χ1n) is 8.59. The van der Waals surface area contributed by atoms with Gasteiger partial charge in [0.25, 0.3) is 5.22 Å². The molecule has 0 amide bonds. The minimum Gasteiger partial charge on any atom is -0.510 e. The highest BCUT2D eigenvalue weighted by Crippen LogP contribution is 2.31. The summed E-state index contributed by atoms with van der Waals surface area (Å²) in [5, 5.41) is 27.7. The number of fused-ring (bicyclic) bond motifs is 1. The molecule has 1 unspecified atom stereocenters. The van der Waals surface area contributed by atoms with Crippen molar-refractivity contribution in [2.24, 2.45) is 0 Å². The van der Waals surface area contributed by atoms with Gasteiger partial charge in [0.05, 0.1) is 16.3 Å². The SMILES string of the molecule is CC(Sc1nnc(-c2ccc(F)cc2)o1)/C(O)=C(/C#N)c1nc2ccccc2[nH]1. The van der Waals surface area contributed by atoms with Gasteiger partial charge in [-0.3, -0.25) is 0 Å². The number of thioether (sulfide) groups is 1. The van der Waals surface area contributed by atoms with E-state index in [1.165, 1.54) is 24.3 Å². The average Bonchev–Trinajstić information content (AvgIpc) is 3.36. The van der Waals surface area contributed by atoms with Gasteiger partial charge in [-0.15, -0.1) is 10.2 Å². The van der Waals surface area contributed by atoms with Crippen molar-refractivity contribution in [3.63, 3.8) is 0 Å². The Labute approximate surface area is 168 Å². The van der Waals surface area contributed by atoms with Crippen molar-refractivity contribution in [3.8, 4) is 17.5 Å². The first kappa shape index (κ1) is 18.7. The number of para-hydroxylation sites is 2. The number of nitrogens with zero attached hydrogens (tertiary/aromatic N) is 4. The Morgan fingerprint density at radius 3 is 2.69 bits per heavy atom. The number of imidazole rings is 1. The van der Waals surface area contributed by atoms with Crippen LogP contribution in [0.15, 0.2) is 63.9 Å². The number of rotatable bonds is 5. The molecule has 1 atom stereocenters. The molecule has 29 heavy (non-hydrogen) atoms. The summed E-state index contributed by atoms with van der Waals surface area (Å²) < 4.78 is 18.6. The van der Waals surface area contributed by atoms with Gasteiger partial charge in [0, 0.05) is 5.56 Å². The van der Waals surface area contributed by atoms with Gasteiger partial charge in [-0.25, -0.2) is 9.37 Å². The van der Waals surface area contributed by atoms with Gasteiger partial charge in [-0.1, -0.05) is 23.9 Å². The number of aliphatic hydroxyl groups is 1. The van der Waals surface area contributed by atoms with E-state index in [0.717, 1.165) is 17.3 Å². The van der Waals surface area contributed by atoms with Crippen molar-refractivity contribution < 1.29 is 13.9 Å². The number of hydrogen-bond donors (Lipinski definition) is 2. The monoisotopic (exact) mass is 407 g/mol. The lowest BCUT2D eigenvalue weighted by Crippen LogP contribution is -2.04. The fourth-order valence-corrected chi connectivity index (χ4v) is 3.43. The third-order valence-corrected chi connectivity index (χ3v) is 5.10. The number of aliphatic hydroxyl groups excluding tert-OH is 1. The number of H-pyrrole nitrogens is 1. The van der Waals surface area contributed by atoms with Crippen LogP contribution in [0.4, 0.5) is 4.39 Å². The van der Waals surface area contributed by atoms with Crippen molar-refractivity contribution in [3.05, 3.63) is 65.9 Å².